The SMILES string of the molecule is CNCCN(C)c1cnn(CC(C)C)c(=O)c1Br. The molecule has 18 heavy (non-hydrogen) atoms. The molecule has 0 atom stereocenters. The van der Waals surface area contributed by atoms with Gasteiger partial charge < -0.3 is 10.2 Å². The Balaban J connectivity index is 2.97. The van der Waals surface area contributed by atoms with E-state index in [1.54, 1.807) is 6.20 Å². The van der Waals surface area contributed by atoms with E-state index in [4.69, 9.17) is 0 Å². The van der Waals surface area contributed by atoms with Crippen LogP contribution in [0.2, 0.25) is 0 Å². The number of likely N-dealkylation sites (N-methyl/N-ethyl adjacent to an activating group) is 2. The van der Waals surface area contributed by atoms with Crippen molar-refractivity contribution in [1.29, 1.82) is 0 Å². The molecule has 0 aliphatic heterocycles. The zero-order chi connectivity index (χ0) is 13.7. The van der Waals surface area contributed by atoms with Gasteiger partial charge in [0, 0.05) is 26.7 Å². The lowest BCUT2D eigenvalue weighted by molar-refractivity contribution is 0.462. The number of aromatic nitrogens is 2. The van der Waals surface area contributed by atoms with Crippen molar-refractivity contribution in [2.75, 3.05) is 32.1 Å². The minimum absolute atomic E-state index is 0.0718. The Kier molecular flexibility index (Phi) is 5.81. The topological polar surface area (TPSA) is 50.2 Å². The number of nitrogens with one attached hydrogen (secondary N) is 1. The number of rotatable bonds is 6. The van der Waals surface area contributed by atoms with Crippen LogP contribution in [0.25, 0.3) is 0 Å². The highest BCUT2D eigenvalue weighted by atomic mass is 79.9. The van der Waals surface area contributed by atoms with E-state index in [1.807, 2.05) is 19.0 Å². The predicted molar refractivity (Wildman–Crippen MR) is 78.2 cm³/mol. The summed E-state index contributed by atoms with van der Waals surface area (Å²) in [5.74, 6) is 0.398. The van der Waals surface area contributed by atoms with Crippen molar-refractivity contribution in [3.05, 3.63) is 21.0 Å². The van der Waals surface area contributed by atoms with E-state index in [1.165, 1.54) is 4.68 Å². The van der Waals surface area contributed by atoms with Crippen LogP contribution < -0.4 is 15.8 Å². The number of hydrogen-bond acceptors (Lipinski definition) is 4. The van der Waals surface area contributed by atoms with Gasteiger partial charge in [-0.2, -0.15) is 5.10 Å². The first-order chi connectivity index (χ1) is 8.47. The van der Waals surface area contributed by atoms with Crippen molar-refractivity contribution in [3.63, 3.8) is 0 Å². The first-order valence-electron chi connectivity index (χ1n) is 6.08. The smallest absolute Gasteiger partial charge is 0.283 e. The van der Waals surface area contributed by atoms with Crippen LogP contribution in [0.4, 0.5) is 5.69 Å². The van der Waals surface area contributed by atoms with Crippen LogP contribution in [0.5, 0.6) is 0 Å². The molecule has 0 fully saturated rings. The van der Waals surface area contributed by atoms with Crippen LogP contribution in [0, 0.1) is 5.92 Å². The molecule has 1 rings (SSSR count). The van der Waals surface area contributed by atoms with Crippen LogP contribution in [0.15, 0.2) is 15.5 Å². The van der Waals surface area contributed by atoms with E-state index >= 15 is 0 Å². The molecule has 1 aromatic rings. The second kappa shape index (κ2) is 6.89. The zero-order valence-corrected chi connectivity index (χ0v) is 13.0. The Morgan fingerprint density at radius 1 is 1.56 bits per heavy atom. The van der Waals surface area contributed by atoms with Crippen molar-refractivity contribution in [3.8, 4) is 0 Å². The van der Waals surface area contributed by atoms with Gasteiger partial charge in [0.1, 0.15) is 4.47 Å². The minimum Gasteiger partial charge on any atom is -0.371 e. The maximum atomic E-state index is 12.1. The third kappa shape index (κ3) is 3.81. The summed E-state index contributed by atoms with van der Waals surface area (Å²) in [6, 6.07) is 0. The molecule has 5 nitrogen and oxygen atoms in total. The lowest BCUT2D eigenvalue weighted by Gasteiger charge is -2.20. The van der Waals surface area contributed by atoms with Crippen molar-refractivity contribution in [2.24, 2.45) is 5.92 Å². The summed E-state index contributed by atoms with van der Waals surface area (Å²) in [6.07, 6.45) is 1.74. The van der Waals surface area contributed by atoms with Crippen molar-refractivity contribution in [1.82, 2.24) is 15.1 Å². The standard InChI is InChI=1S/C12H21BrN4O/c1-9(2)8-17-12(18)11(13)10(7-15-17)16(4)6-5-14-3/h7,9,14H,5-6,8H2,1-4H3. The van der Waals surface area contributed by atoms with Gasteiger partial charge in [0.05, 0.1) is 11.9 Å². The molecule has 0 saturated heterocycles. The Morgan fingerprint density at radius 3 is 2.78 bits per heavy atom. The van der Waals surface area contributed by atoms with Gasteiger partial charge in [-0.3, -0.25) is 4.79 Å². The van der Waals surface area contributed by atoms with Crippen LogP contribution in [0.3, 0.4) is 0 Å². The van der Waals surface area contributed by atoms with Gasteiger partial charge in [-0.15, -0.1) is 0 Å². The summed E-state index contributed by atoms with van der Waals surface area (Å²) in [4.78, 5) is 14.1. The summed E-state index contributed by atoms with van der Waals surface area (Å²) < 4.78 is 2.08. The third-order valence-electron chi connectivity index (χ3n) is 2.61. The summed E-state index contributed by atoms with van der Waals surface area (Å²) in [5.41, 5.74) is 0.757. The second-order valence-electron chi connectivity index (χ2n) is 4.75. The Morgan fingerprint density at radius 2 is 2.22 bits per heavy atom. The number of anilines is 1. The fourth-order valence-electron chi connectivity index (χ4n) is 1.60. The summed E-state index contributed by atoms with van der Waals surface area (Å²) in [5, 5.41) is 7.30. The third-order valence-corrected chi connectivity index (χ3v) is 3.36. The number of hydrogen-bond donors (Lipinski definition) is 1. The first-order valence-corrected chi connectivity index (χ1v) is 6.88. The Bertz CT molecular complexity index is 444. The van der Waals surface area contributed by atoms with E-state index in [-0.39, 0.29) is 5.56 Å². The van der Waals surface area contributed by atoms with Gasteiger partial charge in [-0.25, -0.2) is 4.68 Å². The highest BCUT2D eigenvalue weighted by Gasteiger charge is 2.12. The molecule has 1 N–H and O–H groups in total. The second-order valence-corrected chi connectivity index (χ2v) is 5.54. The van der Waals surface area contributed by atoms with Crippen LogP contribution in [0.1, 0.15) is 13.8 Å². The molecule has 0 bridgehead atoms. The molecule has 6 heteroatoms. The summed E-state index contributed by atoms with van der Waals surface area (Å²) in [6.45, 7) is 6.45. The molecule has 0 aliphatic rings. The summed E-state index contributed by atoms with van der Waals surface area (Å²) in [7, 11) is 3.85. The van der Waals surface area contributed by atoms with Gasteiger partial charge in [0.25, 0.3) is 5.56 Å². The van der Waals surface area contributed by atoms with E-state index in [9.17, 15) is 4.79 Å². The van der Waals surface area contributed by atoms with Crippen LogP contribution in [-0.4, -0.2) is 37.0 Å². The van der Waals surface area contributed by atoms with Crippen LogP contribution in [-0.2, 0) is 6.54 Å². The number of halogens is 1. The molecule has 1 aromatic heterocycles. The molecule has 0 saturated carbocycles. The van der Waals surface area contributed by atoms with Gasteiger partial charge in [0.15, 0.2) is 0 Å². The Labute approximate surface area is 116 Å². The normalized spacial score (nSPS) is 11.0. The maximum absolute atomic E-state index is 12.1. The fourth-order valence-corrected chi connectivity index (χ4v) is 2.21. The molecule has 102 valence electrons. The van der Waals surface area contributed by atoms with Crippen molar-refractivity contribution in [2.45, 2.75) is 20.4 Å². The molecular formula is C12H21BrN4O. The van der Waals surface area contributed by atoms with E-state index < -0.39 is 0 Å². The van der Waals surface area contributed by atoms with Gasteiger partial charge >= 0.3 is 0 Å². The van der Waals surface area contributed by atoms with Crippen molar-refractivity contribution < 1.29 is 0 Å². The van der Waals surface area contributed by atoms with Gasteiger partial charge in [-0.1, -0.05) is 13.8 Å². The highest BCUT2D eigenvalue weighted by Crippen LogP contribution is 2.19. The summed E-state index contributed by atoms with van der Waals surface area (Å²) >= 11 is 3.38. The molecule has 0 aliphatic carbocycles. The molecule has 1 heterocycles. The lowest BCUT2D eigenvalue weighted by Crippen LogP contribution is -2.31. The van der Waals surface area contributed by atoms with Crippen molar-refractivity contribution >= 4 is 21.6 Å². The quantitative estimate of drug-likeness (QED) is 0.860. The molecular weight excluding hydrogens is 296 g/mol. The number of nitrogens with zero attached hydrogens (tertiary/aromatic N) is 3. The predicted octanol–water partition coefficient (Wildman–Crippen LogP) is 1.32. The zero-order valence-electron chi connectivity index (χ0n) is 11.4. The average molecular weight is 317 g/mol. The largest absolute Gasteiger partial charge is 0.371 e. The lowest BCUT2D eigenvalue weighted by atomic mass is 10.2. The molecule has 0 spiro atoms. The fraction of sp³-hybridized carbons (Fsp3) is 0.667. The average Bonchev–Trinajstić information content (AvgIpc) is 2.31. The minimum atomic E-state index is -0.0718. The monoisotopic (exact) mass is 316 g/mol. The van der Waals surface area contributed by atoms with E-state index in [0.29, 0.717) is 16.9 Å². The first kappa shape index (κ1) is 15.2. The van der Waals surface area contributed by atoms with E-state index in [2.05, 4.69) is 40.2 Å². The maximum Gasteiger partial charge on any atom is 0.283 e. The van der Waals surface area contributed by atoms with E-state index in [0.717, 1.165) is 18.8 Å². The molecule has 0 amide bonds. The Hall–Kier alpha value is -0.880. The van der Waals surface area contributed by atoms with Crippen LogP contribution >= 0.6 is 15.9 Å². The highest BCUT2D eigenvalue weighted by molar-refractivity contribution is 9.10. The molecule has 0 unspecified atom stereocenters. The van der Waals surface area contributed by atoms with Gasteiger partial charge in [0.2, 0.25) is 0 Å². The van der Waals surface area contributed by atoms with Gasteiger partial charge in [-0.05, 0) is 28.9 Å². The molecule has 0 aromatic carbocycles. The molecule has 0 radical (unpaired) electrons.